The number of carbonyl (C=O) groups excluding carboxylic acids is 2. The lowest BCUT2D eigenvalue weighted by Gasteiger charge is -2.24. The molecule has 0 radical (unpaired) electrons. The van der Waals surface area contributed by atoms with E-state index in [1.165, 1.54) is 13.8 Å². The third kappa shape index (κ3) is 5.71. The van der Waals surface area contributed by atoms with E-state index < -0.39 is 96.6 Å². The van der Waals surface area contributed by atoms with Crippen LogP contribution in [0.1, 0.15) is 45.7 Å². The van der Waals surface area contributed by atoms with Gasteiger partial charge in [0.15, 0.2) is 11.6 Å². The lowest BCUT2D eigenvalue weighted by Crippen LogP contribution is -2.37. The van der Waals surface area contributed by atoms with Gasteiger partial charge in [0.2, 0.25) is 20.0 Å². The Morgan fingerprint density at radius 3 is 1.68 bits per heavy atom. The first-order valence-corrected chi connectivity index (χ1v) is 16.7. The van der Waals surface area contributed by atoms with Crippen LogP contribution in [-0.4, -0.2) is 87.8 Å². The summed E-state index contributed by atoms with van der Waals surface area (Å²) in [5, 5.41) is 0. The van der Waals surface area contributed by atoms with Gasteiger partial charge in [-0.1, -0.05) is 26.0 Å². The van der Waals surface area contributed by atoms with Crippen LogP contribution in [0.3, 0.4) is 0 Å². The first kappa shape index (κ1) is 30.0. The van der Waals surface area contributed by atoms with Crippen LogP contribution in [0.5, 0.6) is 0 Å². The van der Waals surface area contributed by atoms with E-state index in [0.717, 1.165) is 36.4 Å². The fourth-order valence-electron chi connectivity index (χ4n) is 3.83. The van der Waals surface area contributed by atoms with Crippen LogP contribution >= 0.6 is 0 Å². The summed E-state index contributed by atoms with van der Waals surface area (Å²) in [5.74, 6) is -4.44. The van der Waals surface area contributed by atoms with Gasteiger partial charge < -0.3 is 0 Å². The molecule has 0 saturated heterocycles. The van der Waals surface area contributed by atoms with Crippen LogP contribution in [0.4, 0.5) is 0 Å². The van der Waals surface area contributed by atoms with Gasteiger partial charge in [0, 0.05) is 29.8 Å². The summed E-state index contributed by atoms with van der Waals surface area (Å²) in [6.07, 6.45) is 0. The van der Waals surface area contributed by atoms with Crippen LogP contribution in [0.15, 0.2) is 46.2 Å². The molecule has 0 saturated carbocycles. The smallest absolute Gasteiger partial charge is 0.279 e. The highest BCUT2D eigenvalue weighted by molar-refractivity contribution is 7.91. The third-order valence-electron chi connectivity index (χ3n) is 5.55. The summed E-state index contributed by atoms with van der Waals surface area (Å²) in [6.45, 7) is 1.86. The molecule has 2 N–H and O–H groups in total. The molecule has 1 aliphatic carbocycles. The molecule has 0 aliphatic heterocycles. The van der Waals surface area contributed by atoms with Crippen LogP contribution in [0.2, 0.25) is 0 Å². The average molecular weight is 611 g/mol. The van der Waals surface area contributed by atoms with E-state index in [1.807, 2.05) is 0 Å². The van der Waals surface area contributed by atoms with Crippen molar-refractivity contribution in [2.24, 2.45) is 0 Å². The lowest BCUT2D eigenvalue weighted by atomic mass is 9.84. The number of hydrogen-bond donors (Lipinski definition) is 2. The topological polar surface area (TPSA) is 218 Å². The standard InChI is InChI=1S/C20H22N2O12S4/c1-3-21(11-35(25,26)27)37(31,32)13-8-9-14-16(10-13)19(23)15-6-5-7-17(18(15)20(14)24)38(33,34)22(4-2)12-36(28,29)30/h5-10H,3-4,11-12H2,1-2H3,(H,25,26,27)(H,28,29,30). The largest absolute Gasteiger partial charge is 0.289 e. The molecule has 0 amide bonds. The Kier molecular flexibility index (Phi) is 8.04. The minimum absolute atomic E-state index is 0.347. The predicted octanol–water partition coefficient (Wildman–Crippen LogP) is 0.174. The maximum absolute atomic E-state index is 13.4. The molecule has 0 atom stereocenters. The second-order valence-corrected chi connectivity index (χ2v) is 14.7. The Balaban J connectivity index is 2.17. The number of fused-ring (bicyclic) bond motifs is 2. The highest BCUT2D eigenvalue weighted by atomic mass is 32.2. The zero-order valence-electron chi connectivity index (χ0n) is 19.8. The Labute approximate surface area is 219 Å². The van der Waals surface area contributed by atoms with Gasteiger partial charge in [-0.05, 0) is 24.3 Å². The second kappa shape index (κ2) is 10.2. The molecule has 0 unspecified atom stereocenters. The van der Waals surface area contributed by atoms with E-state index >= 15 is 0 Å². The molecule has 18 heteroatoms. The summed E-state index contributed by atoms with van der Waals surface area (Å²) < 4.78 is 117. The molecule has 2 aromatic carbocycles. The molecule has 1 aliphatic rings. The number of benzene rings is 2. The van der Waals surface area contributed by atoms with Crippen molar-refractivity contribution in [2.45, 2.75) is 23.6 Å². The number of carbonyl (C=O) groups is 2. The van der Waals surface area contributed by atoms with Crippen molar-refractivity contribution >= 4 is 51.8 Å². The normalized spacial score (nSPS) is 14.6. The quantitative estimate of drug-likeness (QED) is 0.294. The van der Waals surface area contributed by atoms with Crippen LogP contribution in [0.25, 0.3) is 0 Å². The Morgan fingerprint density at radius 2 is 1.18 bits per heavy atom. The van der Waals surface area contributed by atoms with E-state index in [-0.39, 0.29) is 12.1 Å². The summed E-state index contributed by atoms with van der Waals surface area (Å²) in [5.41, 5.74) is -1.70. The Hall–Kier alpha value is -2.58. The second-order valence-electron chi connectivity index (χ2n) is 8.01. The minimum Gasteiger partial charge on any atom is -0.289 e. The molecule has 0 aromatic heterocycles. The van der Waals surface area contributed by atoms with Crippen molar-refractivity contribution in [1.82, 2.24) is 8.61 Å². The molecular weight excluding hydrogens is 588 g/mol. The van der Waals surface area contributed by atoms with E-state index in [1.54, 1.807) is 0 Å². The molecule has 0 bridgehead atoms. The zero-order valence-corrected chi connectivity index (χ0v) is 23.1. The highest BCUT2D eigenvalue weighted by Gasteiger charge is 2.38. The first-order chi connectivity index (χ1) is 17.3. The maximum atomic E-state index is 13.4. The van der Waals surface area contributed by atoms with Crippen molar-refractivity contribution in [2.75, 3.05) is 24.8 Å². The van der Waals surface area contributed by atoms with E-state index in [9.17, 15) is 43.3 Å². The van der Waals surface area contributed by atoms with Gasteiger partial charge >= 0.3 is 0 Å². The summed E-state index contributed by atoms with van der Waals surface area (Å²) >= 11 is 0. The van der Waals surface area contributed by atoms with E-state index in [0.29, 0.717) is 8.61 Å². The third-order valence-corrected chi connectivity index (χ3v) is 11.0. The maximum Gasteiger partial charge on any atom is 0.279 e. The summed E-state index contributed by atoms with van der Waals surface area (Å²) in [6, 6.07) is 5.99. The van der Waals surface area contributed by atoms with Gasteiger partial charge in [-0.25, -0.2) is 16.8 Å². The van der Waals surface area contributed by atoms with Crippen molar-refractivity contribution in [1.29, 1.82) is 0 Å². The molecule has 3 rings (SSSR count). The molecule has 14 nitrogen and oxygen atoms in total. The first-order valence-electron chi connectivity index (χ1n) is 10.6. The summed E-state index contributed by atoms with van der Waals surface area (Å²) in [7, 11) is -18.8. The minimum atomic E-state index is -4.78. The number of ketones is 2. The molecule has 208 valence electrons. The van der Waals surface area contributed by atoms with Crippen LogP contribution < -0.4 is 0 Å². The van der Waals surface area contributed by atoms with Gasteiger partial charge in [0.1, 0.15) is 11.8 Å². The average Bonchev–Trinajstić information content (AvgIpc) is 2.82. The van der Waals surface area contributed by atoms with E-state index in [4.69, 9.17) is 9.11 Å². The molecule has 2 aromatic rings. The fourth-order valence-corrected chi connectivity index (χ4v) is 9.31. The molecule has 0 fully saturated rings. The Bertz CT molecular complexity index is 1760. The monoisotopic (exact) mass is 610 g/mol. The highest BCUT2D eigenvalue weighted by Crippen LogP contribution is 2.34. The molecule has 0 heterocycles. The predicted molar refractivity (Wildman–Crippen MR) is 132 cm³/mol. The van der Waals surface area contributed by atoms with Gasteiger partial charge in [0.05, 0.1) is 15.4 Å². The number of rotatable bonds is 10. The van der Waals surface area contributed by atoms with Crippen LogP contribution in [0, 0.1) is 0 Å². The van der Waals surface area contributed by atoms with Gasteiger partial charge in [-0.3, -0.25) is 18.7 Å². The SMILES string of the molecule is CCN(CS(=O)(=O)O)S(=O)(=O)c1ccc2c(c1)C(=O)c1cccc(S(=O)(=O)N(CC)CS(=O)(=O)O)c1C2=O. The van der Waals surface area contributed by atoms with Crippen molar-refractivity contribution < 1.29 is 52.4 Å². The van der Waals surface area contributed by atoms with Crippen molar-refractivity contribution in [3.63, 3.8) is 0 Å². The van der Waals surface area contributed by atoms with Gasteiger partial charge in [0.25, 0.3) is 20.2 Å². The lowest BCUT2D eigenvalue weighted by molar-refractivity contribution is 0.0976. The van der Waals surface area contributed by atoms with Crippen molar-refractivity contribution in [3.8, 4) is 0 Å². The number of hydrogen-bond acceptors (Lipinski definition) is 10. The van der Waals surface area contributed by atoms with Crippen LogP contribution in [-0.2, 0) is 40.3 Å². The van der Waals surface area contributed by atoms with Gasteiger partial charge in [-0.15, -0.1) is 0 Å². The summed E-state index contributed by atoms with van der Waals surface area (Å²) in [4.78, 5) is 25.4. The van der Waals surface area contributed by atoms with Crippen molar-refractivity contribution in [3.05, 3.63) is 58.7 Å². The number of nitrogens with zero attached hydrogens (tertiary/aromatic N) is 2. The zero-order chi connectivity index (χ0) is 28.8. The molecular formula is C20H22N2O12S4. The fraction of sp³-hybridized carbons (Fsp3) is 0.300. The number of sulfonamides is 2. The molecule has 38 heavy (non-hydrogen) atoms. The van der Waals surface area contributed by atoms with Gasteiger partial charge in [-0.2, -0.15) is 25.4 Å². The molecule has 0 spiro atoms. The van der Waals surface area contributed by atoms with E-state index in [2.05, 4.69) is 0 Å². The Morgan fingerprint density at radius 1 is 0.658 bits per heavy atom.